The van der Waals surface area contributed by atoms with Crippen LogP contribution in [0.1, 0.15) is 56.1 Å². The van der Waals surface area contributed by atoms with Gasteiger partial charge >= 0.3 is 0 Å². The molecule has 4 rings (SSSR count). The summed E-state index contributed by atoms with van der Waals surface area (Å²) in [5.41, 5.74) is 12.7. The highest BCUT2D eigenvalue weighted by Gasteiger charge is 2.48. The first kappa shape index (κ1) is 33.4. The number of primary amides is 2. The van der Waals surface area contributed by atoms with Crippen LogP contribution in [0.15, 0.2) is 65.8 Å². The minimum atomic E-state index is -1.54. The molecule has 3 atom stereocenters. The van der Waals surface area contributed by atoms with E-state index in [0.29, 0.717) is 35.4 Å². The monoisotopic (exact) mass is 621 g/mol. The van der Waals surface area contributed by atoms with E-state index in [1.807, 2.05) is 13.8 Å². The van der Waals surface area contributed by atoms with E-state index in [9.17, 15) is 28.3 Å². The van der Waals surface area contributed by atoms with E-state index in [1.165, 1.54) is 0 Å². The summed E-state index contributed by atoms with van der Waals surface area (Å²) in [7, 11) is 0. The fraction of sp³-hybridized carbons (Fsp3) is 0.382. The number of aliphatic hydroxyl groups is 1. The van der Waals surface area contributed by atoms with Crippen molar-refractivity contribution >= 4 is 34.3 Å². The van der Waals surface area contributed by atoms with E-state index >= 15 is 0 Å². The van der Waals surface area contributed by atoms with Gasteiger partial charge in [0.25, 0.3) is 5.91 Å². The lowest BCUT2D eigenvalue weighted by atomic mass is 9.63. The van der Waals surface area contributed by atoms with E-state index < -0.39 is 40.9 Å². The largest absolute Gasteiger partial charge is 0.391 e. The molecule has 3 aromatic rings. The Bertz CT molecular complexity index is 1620. The summed E-state index contributed by atoms with van der Waals surface area (Å²) in [6, 6.07) is 9.98. The summed E-state index contributed by atoms with van der Waals surface area (Å²) in [5.74, 6) is -4.13. The molecule has 3 amide bonds. The molecule has 0 aliphatic heterocycles. The second-order valence-electron chi connectivity index (χ2n) is 11.8. The number of anilines is 1. The molecule has 11 heteroatoms. The maximum Gasteiger partial charge on any atom is 0.265 e. The minimum Gasteiger partial charge on any atom is -0.391 e. The summed E-state index contributed by atoms with van der Waals surface area (Å²) in [5, 5.41) is 15.7. The number of rotatable bonds is 14. The van der Waals surface area contributed by atoms with Crippen molar-refractivity contribution in [3.63, 3.8) is 0 Å². The third kappa shape index (κ3) is 7.59. The van der Waals surface area contributed by atoms with Gasteiger partial charge in [0.1, 0.15) is 17.3 Å². The van der Waals surface area contributed by atoms with Gasteiger partial charge < -0.3 is 31.8 Å². The fourth-order valence-corrected chi connectivity index (χ4v) is 6.29. The molecular formula is C34H41F2N5O4. The third-order valence-electron chi connectivity index (χ3n) is 8.29. The zero-order valence-corrected chi connectivity index (χ0v) is 25.8. The van der Waals surface area contributed by atoms with Gasteiger partial charge in [0, 0.05) is 53.8 Å². The summed E-state index contributed by atoms with van der Waals surface area (Å²) < 4.78 is 28.6. The maximum atomic E-state index is 14.3. The molecule has 0 radical (unpaired) electrons. The Hall–Kier alpha value is -4.51. The zero-order chi connectivity index (χ0) is 32.9. The van der Waals surface area contributed by atoms with Crippen molar-refractivity contribution in [1.82, 2.24) is 9.88 Å². The predicted molar refractivity (Wildman–Crippen MR) is 170 cm³/mol. The van der Waals surface area contributed by atoms with Crippen LogP contribution < -0.4 is 16.8 Å². The average molecular weight is 622 g/mol. The summed E-state index contributed by atoms with van der Waals surface area (Å²) in [6.45, 7) is 6.73. The van der Waals surface area contributed by atoms with Crippen molar-refractivity contribution in [3.8, 4) is 0 Å². The molecule has 0 saturated carbocycles. The molecule has 2 aromatic carbocycles. The van der Waals surface area contributed by atoms with Crippen molar-refractivity contribution < 1.29 is 28.3 Å². The van der Waals surface area contributed by atoms with Crippen LogP contribution in [0.5, 0.6) is 0 Å². The summed E-state index contributed by atoms with van der Waals surface area (Å²) in [4.78, 5) is 43.5. The summed E-state index contributed by atoms with van der Waals surface area (Å²) in [6.07, 6.45) is 3.47. The number of hydrogen-bond donors (Lipinski definition) is 5. The zero-order valence-electron chi connectivity index (χ0n) is 25.8. The van der Waals surface area contributed by atoms with E-state index in [4.69, 9.17) is 11.5 Å². The first-order valence-electron chi connectivity index (χ1n) is 15.2. The molecule has 1 aromatic heterocycles. The summed E-state index contributed by atoms with van der Waals surface area (Å²) >= 11 is 0. The quantitative estimate of drug-likeness (QED) is 0.178. The smallest absolute Gasteiger partial charge is 0.265 e. The number of allylic oxidation sites excluding steroid dienone is 2. The molecular weight excluding hydrogens is 580 g/mol. The van der Waals surface area contributed by atoms with Crippen LogP contribution in [0.2, 0.25) is 0 Å². The number of aromatic amines is 1. The standard InChI is InChI=1S/C34H41F2N5O4/c1-4-8-41(9-5-2)32(44)23-10-20(3)17-34(18-23,33(38)45)27(13-21-11-24(35)15-25(36)12-21)30(42)19-39-26-7-6-22-14-29(31(37)43)40-28(22)16-26/h6-7,10-12,14-17,27,30,39-40,42H,4-5,8-9,13,18-19H2,1-3H3,(H2,37,43)(H2,38,45)/t27-,30+,34?/m1/s1. The lowest BCUT2D eigenvalue weighted by Gasteiger charge is -2.42. The highest BCUT2D eigenvalue weighted by atomic mass is 19.1. The molecule has 9 nitrogen and oxygen atoms in total. The number of aliphatic hydroxyl groups excluding tert-OH is 1. The van der Waals surface area contributed by atoms with Crippen LogP contribution >= 0.6 is 0 Å². The van der Waals surface area contributed by atoms with Crippen LogP contribution in [-0.2, 0) is 16.0 Å². The van der Waals surface area contributed by atoms with Gasteiger partial charge in [-0.2, -0.15) is 0 Å². The van der Waals surface area contributed by atoms with Crippen molar-refractivity contribution in [3.05, 3.63) is 88.7 Å². The lowest BCUT2D eigenvalue weighted by Crippen LogP contribution is -2.51. The van der Waals surface area contributed by atoms with E-state index in [-0.39, 0.29) is 36.6 Å². The average Bonchev–Trinajstić information content (AvgIpc) is 3.41. The van der Waals surface area contributed by atoms with Crippen LogP contribution in [-0.4, -0.2) is 58.5 Å². The lowest BCUT2D eigenvalue weighted by molar-refractivity contribution is -0.132. The van der Waals surface area contributed by atoms with Crippen LogP contribution in [0, 0.1) is 23.0 Å². The number of H-pyrrole nitrogens is 1. The van der Waals surface area contributed by atoms with Gasteiger partial charge in [-0.25, -0.2) is 8.78 Å². The molecule has 1 aliphatic carbocycles. The van der Waals surface area contributed by atoms with Gasteiger partial charge in [-0.05, 0) is 68.5 Å². The Balaban J connectivity index is 1.70. The van der Waals surface area contributed by atoms with Crippen molar-refractivity contribution in [1.29, 1.82) is 0 Å². The number of carbonyl (C=O) groups excluding carboxylic acids is 3. The van der Waals surface area contributed by atoms with Gasteiger partial charge in [-0.15, -0.1) is 0 Å². The van der Waals surface area contributed by atoms with Gasteiger partial charge in [0.15, 0.2) is 0 Å². The predicted octanol–water partition coefficient (Wildman–Crippen LogP) is 4.57. The van der Waals surface area contributed by atoms with Gasteiger partial charge in [-0.3, -0.25) is 14.4 Å². The number of amides is 3. The molecule has 0 fully saturated rings. The number of nitrogens with one attached hydrogen (secondary N) is 2. The number of nitrogens with zero attached hydrogens (tertiary/aromatic N) is 1. The van der Waals surface area contributed by atoms with Gasteiger partial charge in [0.2, 0.25) is 11.8 Å². The first-order valence-corrected chi connectivity index (χ1v) is 15.2. The Labute approximate surface area is 261 Å². The Morgan fingerprint density at radius 2 is 1.71 bits per heavy atom. The van der Waals surface area contributed by atoms with E-state index in [0.717, 1.165) is 36.4 Å². The van der Waals surface area contributed by atoms with Crippen LogP contribution in [0.25, 0.3) is 10.9 Å². The topological polar surface area (TPSA) is 155 Å². The molecule has 1 aliphatic rings. The highest BCUT2D eigenvalue weighted by molar-refractivity contribution is 5.98. The molecule has 240 valence electrons. The Kier molecular flexibility index (Phi) is 10.4. The number of aromatic nitrogens is 1. The van der Waals surface area contributed by atoms with Crippen LogP contribution in [0.4, 0.5) is 14.5 Å². The van der Waals surface area contributed by atoms with Crippen molar-refractivity contribution in [2.45, 2.75) is 52.6 Å². The molecule has 0 bridgehead atoms. The number of carbonyl (C=O) groups is 3. The molecule has 7 N–H and O–H groups in total. The second kappa shape index (κ2) is 14.1. The Morgan fingerprint density at radius 3 is 2.31 bits per heavy atom. The molecule has 0 saturated heterocycles. The number of fused-ring (bicyclic) bond motifs is 1. The fourth-order valence-electron chi connectivity index (χ4n) is 6.29. The van der Waals surface area contributed by atoms with Crippen LogP contribution in [0.3, 0.4) is 0 Å². The first-order chi connectivity index (χ1) is 21.4. The Morgan fingerprint density at radius 1 is 1.04 bits per heavy atom. The number of nitrogens with two attached hydrogens (primary N) is 2. The van der Waals surface area contributed by atoms with Crippen molar-refractivity contribution in [2.24, 2.45) is 22.8 Å². The number of benzene rings is 2. The van der Waals surface area contributed by atoms with Gasteiger partial charge in [0.05, 0.1) is 11.5 Å². The minimum absolute atomic E-state index is 0.0654. The third-order valence-corrected chi connectivity index (χ3v) is 8.29. The highest BCUT2D eigenvalue weighted by Crippen LogP contribution is 2.44. The van der Waals surface area contributed by atoms with Gasteiger partial charge in [-0.1, -0.05) is 37.6 Å². The van der Waals surface area contributed by atoms with Crippen molar-refractivity contribution in [2.75, 3.05) is 25.0 Å². The van der Waals surface area contributed by atoms with E-state index in [1.54, 1.807) is 48.2 Å². The molecule has 1 heterocycles. The second-order valence-corrected chi connectivity index (χ2v) is 11.8. The molecule has 0 spiro atoms. The SMILES string of the molecule is CCCN(CCC)C(=O)C1=CC(C)=CC(C(N)=O)([C@H](Cc2cc(F)cc(F)c2)[C@@H](O)CNc2ccc3cc(C(N)=O)[nH]c3c2)C1. The molecule has 1 unspecified atom stereocenters. The maximum absolute atomic E-state index is 14.3. The van der Waals surface area contributed by atoms with E-state index in [2.05, 4.69) is 10.3 Å². The number of hydrogen-bond acceptors (Lipinski definition) is 5. The normalized spacial score (nSPS) is 17.7. The molecule has 45 heavy (non-hydrogen) atoms. The number of halogens is 2.